The Hall–Kier alpha value is -4.06. The molecule has 53 heavy (non-hydrogen) atoms. The van der Waals surface area contributed by atoms with E-state index in [1.54, 1.807) is 34.8 Å². The molecule has 1 N–H and O–H groups in total. The smallest absolute Gasteiger partial charge is 0.335 e. The molecule has 5 heteroatoms. The summed E-state index contributed by atoms with van der Waals surface area (Å²) in [6.45, 7) is 18.7. The molecular weight excluding hydrogens is 689 g/mol. The van der Waals surface area contributed by atoms with Crippen molar-refractivity contribution in [1.82, 2.24) is 0 Å². The van der Waals surface area contributed by atoms with E-state index in [2.05, 4.69) is 127 Å². The molecule has 0 saturated carbocycles. The first-order valence-electron chi connectivity index (χ1n) is 18.9. The second kappa shape index (κ2) is 15.0. The topological polar surface area (TPSA) is 54.4 Å². The number of thiophene rings is 2. The van der Waals surface area contributed by atoms with E-state index in [1.807, 2.05) is 12.1 Å². The Morgan fingerprint density at radius 1 is 0.604 bits per heavy atom. The van der Waals surface area contributed by atoms with Crippen LogP contribution in [0, 0.1) is 0 Å². The summed E-state index contributed by atoms with van der Waals surface area (Å²) in [6.07, 6.45) is 11.9. The van der Waals surface area contributed by atoms with Crippen molar-refractivity contribution in [2.24, 2.45) is 0 Å². The second-order valence-electron chi connectivity index (χ2n) is 17.6. The molecule has 2 aromatic heterocycles. The molecule has 5 aromatic rings. The van der Waals surface area contributed by atoms with Gasteiger partial charge in [-0.3, -0.25) is 4.79 Å². The summed E-state index contributed by atoms with van der Waals surface area (Å²) < 4.78 is 0. The number of benzene rings is 3. The van der Waals surface area contributed by atoms with E-state index in [4.69, 9.17) is 5.11 Å². The zero-order valence-electron chi connectivity index (χ0n) is 32.6. The van der Waals surface area contributed by atoms with Crippen molar-refractivity contribution in [2.75, 3.05) is 0 Å². The third kappa shape index (κ3) is 8.53. The van der Waals surface area contributed by atoms with Crippen LogP contribution in [0.2, 0.25) is 0 Å². The van der Waals surface area contributed by atoms with Gasteiger partial charge in [0, 0.05) is 28.2 Å². The van der Waals surface area contributed by atoms with Gasteiger partial charge in [0.1, 0.15) is 6.29 Å². The van der Waals surface area contributed by atoms with Crippen LogP contribution in [-0.4, -0.2) is 17.4 Å². The summed E-state index contributed by atoms with van der Waals surface area (Å²) in [7, 11) is 0. The van der Waals surface area contributed by atoms with Gasteiger partial charge in [0.25, 0.3) is 0 Å². The van der Waals surface area contributed by atoms with Gasteiger partial charge in [-0.1, -0.05) is 110 Å². The molecular formula is C48H54O3S2. The molecule has 0 spiro atoms. The number of carboxylic acid groups (broad SMARTS) is 1. The molecule has 2 aliphatic carbocycles. The quantitative estimate of drug-likeness (QED) is 0.127. The highest BCUT2D eigenvalue weighted by Gasteiger charge is 2.39. The fraction of sp³-hybridized carbons (Fsp3) is 0.375. The third-order valence-corrected chi connectivity index (χ3v) is 13.6. The van der Waals surface area contributed by atoms with Crippen LogP contribution in [-0.2, 0) is 34.5 Å². The van der Waals surface area contributed by atoms with Crippen molar-refractivity contribution in [2.45, 2.75) is 116 Å². The first kappa shape index (κ1) is 38.7. The molecule has 2 heterocycles. The molecule has 3 aromatic carbocycles. The second-order valence-corrected chi connectivity index (χ2v) is 19.7. The van der Waals surface area contributed by atoms with Gasteiger partial charge in [-0.05, 0) is 133 Å². The maximum Gasteiger partial charge on any atom is 0.335 e. The van der Waals surface area contributed by atoms with Crippen molar-refractivity contribution in [1.29, 1.82) is 0 Å². The molecule has 2 aliphatic rings. The van der Waals surface area contributed by atoms with Gasteiger partial charge >= 0.3 is 5.97 Å². The summed E-state index contributed by atoms with van der Waals surface area (Å²) in [4.78, 5) is 25.4. The van der Waals surface area contributed by atoms with E-state index < -0.39 is 5.97 Å². The molecule has 3 nitrogen and oxygen atoms in total. The van der Waals surface area contributed by atoms with Gasteiger partial charge in [-0.15, -0.1) is 22.7 Å². The maximum atomic E-state index is 11.6. The summed E-state index contributed by atoms with van der Waals surface area (Å²) in [5.41, 5.74) is 12.4. The van der Waals surface area contributed by atoms with E-state index in [-0.39, 0.29) is 21.7 Å². The molecule has 0 atom stereocenters. The van der Waals surface area contributed by atoms with Crippen LogP contribution in [0.5, 0.6) is 0 Å². The highest BCUT2D eigenvalue weighted by atomic mass is 32.1. The van der Waals surface area contributed by atoms with E-state index in [1.165, 1.54) is 74.4 Å². The number of carbonyl (C=O) groups is 2. The van der Waals surface area contributed by atoms with Crippen LogP contribution >= 0.6 is 22.7 Å². The van der Waals surface area contributed by atoms with Crippen LogP contribution in [0.25, 0.3) is 12.2 Å². The lowest BCUT2D eigenvalue weighted by atomic mass is 9.62. The Bertz CT molecular complexity index is 2110. The van der Waals surface area contributed by atoms with Gasteiger partial charge in [0.05, 0.1) is 5.56 Å². The zero-order chi connectivity index (χ0) is 38.2. The van der Waals surface area contributed by atoms with Crippen LogP contribution in [0.1, 0.15) is 156 Å². The number of rotatable bonds is 8. The lowest BCUT2D eigenvalue weighted by Crippen LogP contribution is -2.34. The number of fused-ring (bicyclic) bond motifs is 2. The lowest BCUT2D eigenvalue weighted by Gasteiger charge is -2.42. The predicted molar refractivity (Wildman–Crippen MR) is 225 cm³/mol. The normalized spacial score (nSPS) is 17.7. The average molecular weight is 743 g/mol. The monoisotopic (exact) mass is 742 g/mol. The number of hydrogen-bond acceptors (Lipinski definition) is 4. The third-order valence-electron chi connectivity index (χ3n) is 11.9. The number of hydrogen-bond donors (Lipinski definition) is 1. The van der Waals surface area contributed by atoms with Crippen molar-refractivity contribution >= 4 is 47.1 Å². The van der Waals surface area contributed by atoms with Crippen LogP contribution in [0.15, 0.2) is 83.6 Å². The van der Waals surface area contributed by atoms with E-state index in [0.29, 0.717) is 5.56 Å². The van der Waals surface area contributed by atoms with Crippen LogP contribution in [0.4, 0.5) is 0 Å². The van der Waals surface area contributed by atoms with E-state index >= 15 is 0 Å². The minimum Gasteiger partial charge on any atom is -0.478 e. The zero-order valence-corrected chi connectivity index (χ0v) is 34.3. The molecule has 0 radical (unpaired) electrons. The van der Waals surface area contributed by atoms with Gasteiger partial charge in [-0.2, -0.15) is 0 Å². The molecule has 0 saturated heterocycles. The minimum atomic E-state index is -0.895. The Kier molecular flexibility index (Phi) is 10.9. The standard InChI is InChI=1S/C28H30O2S.C20H24OS/c1-27(2)13-14-28(3,4)25-18-22(16-23-6-5-15-31-23)21(17-24(25)27)12-9-19-7-10-20(11-8-19)26(29)30;1-19(2)7-8-20(3,4)18-12-15(13-21)14(11-17(18)19)10-16-6-5-9-22-16/h5-12,15,17-18H,13-14,16H2,1-4H3,(H,29,30);5-6,9,11-13H,7-8,10H2,1-4H3/b12-9+;. The highest BCUT2D eigenvalue weighted by molar-refractivity contribution is 7.10. The fourth-order valence-corrected chi connectivity index (χ4v) is 9.50. The fourth-order valence-electron chi connectivity index (χ4n) is 8.05. The molecule has 0 amide bonds. The summed E-state index contributed by atoms with van der Waals surface area (Å²) in [6, 6.07) is 24.9. The Morgan fingerprint density at radius 3 is 1.42 bits per heavy atom. The largest absolute Gasteiger partial charge is 0.478 e. The Labute approximate surface area is 324 Å². The number of carboxylic acids is 1. The van der Waals surface area contributed by atoms with E-state index in [0.717, 1.165) is 30.3 Å². The van der Waals surface area contributed by atoms with Crippen molar-refractivity contribution < 1.29 is 14.7 Å². The molecule has 0 aliphatic heterocycles. The SMILES string of the molecule is CC1(C)CCC(C)(C)c2cc(Cc3cccs3)c(/C=C/c3ccc(C(=O)O)cc3)cc21.CC1(C)CCC(C)(C)c2cc(Cc3cccs3)c(C=O)cc21. The summed E-state index contributed by atoms with van der Waals surface area (Å²) in [5.74, 6) is -0.895. The Morgan fingerprint density at radius 2 is 1.02 bits per heavy atom. The number of carbonyl (C=O) groups excluding carboxylic acids is 1. The lowest BCUT2D eigenvalue weighted by molar-refractivity contribution is 0.0696. The highest BCUT2D eigenvalue weighted by Crippen LogP contribution is 2.48. The van der Waals surface area contributed by atoms with Crippen molar-refractivity contribution in [3.05, 3.63) is 149 Å². The molecule has 0 bridgehead atoms. The van der Waals surface area contributed by atoms with Crippen molar-refractivity contribution in [3.8, 4) is 0 Å². The minimum absolute atomic E-state index is 0.157. The number of aldehydes is 1. The van der Waals surface area contributed by atoms with Gasteiger partial charge < -0.3 is 5.11 Å². The van der Waals surface area contributed by atoms with Gasteiger partial charge in [0.15, 0.2) is 0 Å². The molecule has 0 fully saturated rings. The molecule has 7 rings (SSSR count). The number of aromatic carboxylic acids is 1. The molecule has 276 valence electrons. The van der Waals surface area contributed by atoms with Crippen molar-refractivity contribution in [3.63, 3.8) is 0 Å². The van der Waals surface area contributed by atoms with Crippen LogP contribution in [0.3, 0.4) is 0 Å². The molecule has 0 unspecified atom stereocenters. The maximum absolute atomic E-state index is 11.6. The van der Waals surface area contributed by atoms with Gasteiger partial charge in [0.2, 0.25) is 0 Å². The van der Waals surface area contributed by atoms with E-state index in [9.17, 15) is 9.59 Å². The summed E-state index contributed by atoms with van der Waals surface area (Å²) >= 11 is 3.56. The average Bonchev–Trinajstić information content (AvgIpc) is 3.83. The first-order valence-corrected chi connectivity index (χ1v) is 20.6. The summed E-state index contributed by atoms with van der Waals surface area (Å²) in [5, 5.41) is 13.4. The van der Waals surface area contributed by atoms with Crippen LogP contribution < -0.4 is 0 Å². The predicted octanol–water partition coefficient (Wildman–Crippen LogP) is 13.1. The first-order chi connectivity index (χ1) is 25.0. The van der Waals surface area contributed by atoms with Gasteiger partial charge in [-0.25, -0.2) is 4.79 Å². The Balaban J connectivity index is 0.000000192.